The van der Waals surface area contributed by atoms with Gasteiger partial charge in [0.15, 0.2) is 12.0 Å². The van der Waals surface area contributed by atoms with Crippen LogP contribution in [0.1, 0.15) is 10.4 Å². The van der Waals surface area contributed by atoms with Crippen molar-refractivity contribution in [3.05, 3.63) is 88.6 Å². The lowest BCUT2D eigenvalue weighted by Crippen LogP contribution is -1.97. The van der Waals surface area contributed by atoms with Crippen molar-refractivity contribution in [2.24, 2.45) is 0 Å². The summed E-state index contributed by atoms with van der Waals surface area (Å²) >= 11 is 0. The van der Waals surface area contributed by atoms with Crippen LogP contribution < -0.4 is 0 Å². The van der Waals surface area contributed by atoms with Crippen molar-refractivity contribution in [1.29, 1.82) is 0 Å². The third-order valence-electron chi connectivity index (χ3n) is 4.11. The van der Waals surface area contributed by atoms with Crippen molar-refractivity contribution >= 4 is 12.2 Å². The van der Waals surface area contributed by atoms with Gasteiger partial charge in [0.1, 0.15) is 10.6 Å². The maximum absolute atomic E-state index is 11.5. The van der Waals surface area contributed by atoms with Gasteiger partial charge < -0.3 is 4.42 Å². The van der Waals surface area contributed by atoms with Gasteiger partial charge in [0.2, 0.25) is 0 Å². The fourth-order valence-electron chi connectivity index (χ4n) is 2.88. The predicted octanol–water partition coefficient (Wildman–Crippen LogP) is 4.52. The lowest BCUT2D eigenvalue weighted by Gasteiger charge is -2.09. The minimum atomic E-state index is -0.633. The molecule has 0 amide bonds. The molecule has 0 atom stereocenters. The Balaban J connectivity index is 1.84. The van der Waals surface area contributed by atoms with E-state index in [4.69, 9.17) is 4.42 Å². The first kappa shape index (κ1) is 16.5. The van der Waals surface area contributed by atoms with E-state index in [9.17, 15) is 14.9 Å². The zero-order chi connectivity index (χ0) is 18.8. The molecule has 0 saturated carbocycles. The van der Waals surface area contributed by atoms with Gasteiger partial charge in [-0.2, -0.15) is 5.10 Å². The molecule has 2 aromatic carbocycles. The molecule has 0 radical (unpaired) electrons. The SMILES string of the molecule is O=Cc1cn(-c2ccccc2-c2ccccc2)nc1-c1ccc([N+](=O)[O-])o1. The Morgan fingerprint density at radius 3 is 2.44 bits per heavy atom. The van der Waals surface area contributed by atoms with Crippen molar-refractivity contribution in [3.8, 4) is 28.3 Å². The highest BCUT2D eigenvalue weighted by Crippen LogP contribution is 2.30. The Morgan fingerprint density at radius 1 is 1.00 bits per heavy atom. The molecule has 4 rings (SSSR count). The van der Waals surface area contributed by atoms with Crippen LogP contribution in [-0.2, 0) is 0 Å². The quantitative estimate of drug-likeness (QED) is 0.297. The Bertz CT molecular complexity index is 1130. The van der Waals surface area contributed by atoms with E-state index in [2.05, 4.69) is 5.10 Å². The van der Waals surface area contributed by atoms with Crippen LogP contribution in [0.15, 0.2) is 77.3 Å². The third kappa shape index (κ3) is 3.02. The van der Waals surface area contributed by atoms with Crippen LogP contribution in [0, 0.1) is 10.1 Å². The highest BCUT2D eigenvalue weighted by atomic mass is 16.6. The van der Waals surface area contributed by atoms with Crippen LogP contribution >= 0.6 is 0 Å². The molecule has 132 valence electrons. The summed E-state index contributed by atoms with van der Waals surface area (Å²) in [4.78, 5) is 21.7. The van der Waals surface area contributed by atoms with Gasteiger partial charge >= 0.3 is 5.88 Å². The molecule has 0 saturated heterocycles. The van der Waals surface area contributed by atoms with E-state index in [0.717, 1.165) is 16.8 Å². The van der Waals surface area contributed by atoms with Crippen molar-refractivity contribution < 1.29 is 14.1 Å². The number of para-hydroxylation sites is 1. The normalized spacial score (nSPS) is 10.7. The third-order valence-corrected chi connectivity index (χ3v) is 4.11. The molecule has 2 heterocycles. The first-order chi connectivity index (χ1) is 13.2. The largest absolute Gasteiger partial charge is 0.433 e. The first-order valence-corrected chi connectivity index (χ1v) is 8.11. The molecule has 0 unspecified atom stereocenters. The van der Waals surface area contributed by atoms with E-state index in [0.29, 0.717) is 6.29 Å². The highest BCUT2D eigenvalue weighted by molar-refractivity contribution is 5.85. The highest BCUT2D eigenvalue weighted by Gasteiger charge is 2.20. The van der Waals surface area contributed by atoms with Crippen LogP contribution in [0.25, 0.3) is 28.3 Å². The van der Waals surface area contributed by atoms with Crippen molar-refractivity contribution in [3.63, 3.8) is 0 Å². The monoisotopic (exact) mass is 359 g/mol. The van der Waals surface area contributed by atoms with E-state index < -0.39 is 10.8 Å². The van der Waals surface area contributed by atoms with Crippen molar-refractivity contribution in [2.45, 2.75) is 0 Å². The summed E-state index contributed by atoms with van der Waals surface area (Å²) in [5.41, 5.74) is 3.25. The predicted molar refractivity (Wildman–Crippen MR) is 98.7 cm³/mol. The fourth-order valence-corrected chi connectivity index (χ4v) is 2.88. The average Bonchev–Trinajstić information content (AvgIpc) is 3.35. The van der Waals surface area contributed by atoms with E-state index in [1.54, 1.807) is 10.9 Å². The van der Waals surface area contributed by atoms with Crippen LogP contribution in [0.3, 0.4) is 0 Å². The lowest BCUT2D eigenvalue weighted by atomic mass is 10.0. The molecule has 0 spiro atoms. The van der Waals surface area contributed by atoms with Crippen molar-refractivity contribution in [1.82, 2.24) is 9.78 Å². The second-order valence-electron chi connectivity index (χ2n) is 5.77. The van der Waals surface area contributed by atoms with E-state index >= 15 is 0 Å². The Hall–Kier alpha value is -4.00. The molecule has 0 aliphatic heterocycles. The average molecular weight is 359 g/mol. The smallest absolute Gasteiger partial charge is 0.399 e. The Morgan fingerprint density at radius 2 is 1.74 bits per heavy atom. The number of furan rings is 1. The van der Waals surface area contributed by atoms with Crippen LogP contribution in [-0.4, -0.2) is 21.0 Å². The summed E-state index contributed by atoms with van der Waals surface area (Å²) in [6.07, 6.45) is 2.23. The molecule has 7 nitrogen and oxygen atoms in total. The zero-order valence-electron chi connectivity index (χ0n) is 14.0. The molecule has 0 aliphatic rings. The summed E-state index contributed by atoms with van der Waals surface area (Å²) < 4.78 is 6.78. The summed E-state index contributed by atoms with van der Waals surface area (Å²) in [6.45, 7) is 0. The number of benzene rings is 2. The van der Waals surface area contributed by atoms with Gasteiger partial charge in [0, 0.05) is 11.8 Å². The van der Waals surface area contributed by atoms with Gasteiger partial charge in [-0.05, 0) is 17.7 Å². The zero-order valence-corrected chi connectivity index (χ0v) is 14.0. The molecular weight excluding hydrogens is 346 g/mol. The van der Waals surface area contributed by atoms with Gasteiger partial charge in [-0.25, -0.2) is 4.68 Å². The number of aromatic nitrogens is 2. The van der Waals surface area contributed by atoms with Gasteiger partial charge in [-0.15, -0.1) is 0 Å². The molecule has 0 N–H and O–H groups in total. The van der Waals surface area contributed by atoms with Crippen LogP contribution in [0.5, 0.6) is 0 Å². The Labute approximate surface area is 153 Å². The second kappa shape index (κ2) is 6.72. The molecule has 4 aromatic rings. The molecule has 7 heteroatoms. The Kier molecular flexibility index (Phi) is 4.10. The summed E-state index contributed by atoms with van der Waals surface area (Å²) in [6, 6.07) is 20.1. The number of carbonyl (C=O) groups excluding carboxylic acids is 1. The fraction of sp³-hybridized carbons (Fsp3) is 0. The number of aldehydes is 1. The summed E-state index contributed by atoms with van der Waals surface area (Å²) in [5.74, 6) is -0.235. The standard InChI is InChI=1S/C20H13N3O4/c24-13-15-12-22(21-20(15)18-10-11-19(27-18)23(25)26)17-9-5-4-8-16(17)14-6-2-1-3-7-14/h1-13H. The number of rotatable bonds is 5. The van der Waals surface area contributed by atoms with Gasteiger partial charge in [-0.1, -0.05) is 48.5 Å². The second-order valence-corrected chi connectivity index (χ2v) is 5.77. The summed E-state index contributed by atoms with van der Waals surface area (Å²) in [7, 11) is 0. The minimum Gasteiger partial charge on any atom is -0.399 e. The maximum Gasteiger partial charge on any atom is 0.433 e. The number of nitro groups is 1. The van der Waals surface area contributed by atoms with Crippen LogP contribution in [0.2, 0.25) is 0 Å². The molecule has 0 fully saturated rings. The first-order valence-electron chi connectivity index (χ1n) is 8.11. The van der Waals surface area contributed by atoms with Gasteiger partial charge in [0.05, 0.1) is 17.3 Å². The topological polar surface area (TPSA) is 91.2 Å². The molecular formula is C20H13N3O4. The summed E-state index contributed by atoms with van der Waals surface area (Å²) in [5, 5.41) is 15.3. The molecule has 2 aromatic heterocycles. The molecule has 0 aliphatic carbocycles. The van der Waals surface area contributed by atoms with E-state index in [1.165, 1.54) is 12.1 Å². The molecule has 27 heavy (non-hydrogen) atoms. The van der Waals surface area contributed by atoms with Gasteiger partial charge in [0.25, 0.3) is 0 Å². The number of carbonyl (C=O) groups is 1. The maximum atomic E-state index is 11.5. The van der Waals surface area contributed by atoms with Gasteiger partial charge in [-0.3, -0.25) is 14.9 Å². The van der Waals surface area contributed by atoms with E-state index in [-0.39, 0.29) is 17.0 Å². The lowest BCUT2D eigenvalue weighted by molar-refractivity contribution is -0.401. The number of hydrogen-bond acceptors (Lipinski definition) is 5. The van der Waals surface area contributed by atoms with E-state index in [1.807, 2.05) is 54.6 Å². The minimum absolute atomic E-state index is 0.166. The van der Waals surface area contributed by atoms with Crippen LogP contribution in [0.4, 0.5) is 5.88 Å². The number of hydrogen-bond donors (Lipinski definition) is 0. The molecule has 0 bridgehead atoms. The van der Waals surface area contributed by atoms with Crippen molar-refractivity contribution in [2.75, 3.05) is 0 Å². The number of nitrogens with zero attached hydrogens (tertiary/aromatic N) is 3.